The third-order valence-corrected chi connectivity index (χ3v) is 3.46. The summed E-state index contributed by atoms with van der Waals surface area (Å²) in [6.07, 6.45) is 1.75. The normalized spacial score (nSPS) is 15.2. The predicted octanol–water partition coefficient (Wildman–Crippen LogP) is 1.10. The Bertz CT molecular complexity index is 611. The van der Waals surface area contributed by atoms with Gasteiger partial charge in [-0.15, -0.1) is 0 Å². The fraction of sp³-hybridized carbons (Fsp3) is 0.286. The molecule has 98 valence electrons. The molecule has 1 fully saturated rings. The van der Waals surface area contributed by atoms with Gasteiger partial charge in [0.25, 0.3) is 5.91 Å². The minimum absolute atomic E-state index is 0.317. The summed E-state index contributed by atoms with van der Waals surface area (Å²) in [7, 11) is 0. The maximum atomic E-state index is 11.6. The van der Waals surface area contributed by atoms with Crippen LogP contribution in [-0.2, 0) is 0 Å². The maximum Gasteiger partial charge on any atom is 0.252 e. The van der Waals surface area contributed by atoms with E-state index in [1.54, 1.807) is 6.20 Å². The Morgan fingerprint density at radius 3 is 2.58 bits per heavy atom. The topological polar surface area (TPSA) is 72.9 Å². The number of aryl methyl sites for hydroxylation is 1. The second-order valence-corrected chi connectivity index (χ2v) is 4.91. The molecule has 1 aromatic carbocycles. The molecule has 2 heterocycles. The molecule has 0 bridgehead atoms. The highest BCUT2D eigenvalue weighted by Gasteiger charge is 2.23. The monoisotopic (exact) mass is 256 g/mol. The number of hydrogen-bond acceptors (Lipinski definition) is 3. The van der Waals surface area contributed by atoms with E-state index in [4.69, 9.17) is 5.73 Å². The molecule has 1 aliphatic heterocycles. The lowest BCUT2D eigenvalue weighted by Gasteiger charge is -2.27. The summed E-state index contributed by atoms with van der Waals surface area (Å²) >= 11 is 0. The van der Waals surface area contributed by atoms with Gasteiger partial charge in [-0.3, -0.25) is 9.48 Å². The van der Waals surface area contributed by atoms with Gasteiger partial charge in [-0.25, -0.2) is 0 Å². The Morgan fingerprint density at radius 1 is 1.37 bits per heavy atom. The lowest BCUT2D eigenvalue weighted by molar-refractivity contribution is 0.100. The zero-order valence-corrected chi connectivity index (χ0v) is 10.8. The van der Waals surface area contributed by atoms with Gasteiger partial charge in [0.2, 0.25) is 0 Å². The van der Waals surface area contributed by atoms with Gasteiger partial charge in [-0.05, 0) is 6.92 Å². The molecule has 1 aliphatic rings. The second kappa shape index (κ2) is 4.51. The third-order valence-electron chi connectivity index (χ3n) is 3.46. The van der Waals surface area contributed by atoms with Crippen LogP contribution in [0.2, 0.25) is 0 Å². The number of rotatable bonds is 3. The lowest BCUT2D eigenvalue weighted by atomic mass is 10.1. The molecule has 1 saturated heterocycles. The van der Waals surface area contributed by atoms with Crippen LogP contribution in [0.25, 0.3) is 11.3 Å². The number of nitrogens with two attached hydrogens (primary N) is 1. The minimum Gasteiger partial charge on any atom is -0.365 e. The van der Waals surface area contributed by atoms with Crippen molar-refractivity contribution < 1.29 is 4.79 Å². The van der Waals surface area contributed by atoms with Crippen LogP contribution < -0.4 is 11.1 Å². The molecule has 0 radical (unpaired) electrons. The Morgan fingerprint density at radius 2 is 2.05 bits per heavy atom. The summed E-state index contributed by atoms with van der Waals surface area (Å²) in [5.41, 5.74) is 8.69. The van der Waals surface area contributed by atoms with Gasteiger partial charge in [0, 0.05) is 24.8 Å². The van der Waals surface area contributed by atoms with Crippen molar-refractivity contribution in [3.63, 3.8) is 0 Å². The average molecular weight is 256 g/mol. The number of nitrogens with zero attached hydrogens (tertiary/aromatic N) is 2. The van der Waals surface area contributed by atoms with Crippen LogP contribution in [0.4, 0.5) is 0 Å². The second-order valence-electron chi connectivity index (χ2n) is 4.91. The number of primary amides is 1. The van der Waals surface area contributed by atoms with E-state index in [1.807, 2.05) is 35.9 Å². The van der Waals surface area contributed by atoms with E-state index in [1.165, 1.54) is 5.56 Å². The first-order valence-electron chi connectivity index (χ1n) is 6.32. The number of hydrogen-bond donors (Lipinski definition) is 2. The summed E-state index contributed by atoms with van der Waals surface area (Å²) in [6, 6.07) is 8.26. The van der Waals surface area contributed by atoms with Crippen molar-refractivity contribution in [2.24, 2.45) is 5.73 Å². The van der Waals surface area contributed by atoms with E-state index in [0.717, 1.165) is 18.7 Å². The summed E-state index contributed by atoms with van der Waals surface area (Å²) < 4.78 is 1.84. The Hall–Kier alpha value is -2.14. The molecule has 0 saturated carbocycles. The van der Waals surface area contributed by atoms with E-state index in [0.29, 0.717) is 17.3 Å². The number of amides is 1. The minimum atomic E-state index is -0.436. The summed E-state index contributed by atoms with van der Waals surface area (Å²) in [6.45, 7) is 3.79. The van der Waals surface area contributed by atoms with Crippen molar-refractivity contribution in [2.75, 3.05) is 13.1 Å². The van der Waals surface area contributed by atoms with Crippen LogP contribution in [0, 0.1) is 6.92 Å². The van der Waals surface area contributed by atoms with Crippen LogP contribution in [0.3, 0.4) is 0 Å². The Balaban J connectivity index is 2.05. The van der Waals surface area contributed by atoms with Crippen LogP contribution in [0.5, 0.6) is 0 Å². The largest absolute Gasteiger partial charge is 0.365 e. The molecule has 1 amide bonds. The SMILES string of the molecule is Cc1ccc(-c2nn(C3CNC3)cc2C(N)=O)cc1. The molecule has 5 heteroatoms. The molecule has 5 nitrogen and oxygen atoms in total. The molecule has 0 spiro atoms. The van der Waals surface area contributed by atoms with Crippen molar-refractivity contribution in [1.82, 2.24) is 15.1 Å². The highest BCUT2D eigenvalue weighted by molar-refractivity contribution is 5.98. The fourth-order valence-electron chi connectivity index (χ4n) is 2.14. The summed E-state index contributed by atoms with van der Waals surface area (Å²) in [4.78, 5) is 11.6. The number of benzene rings is 1. The molecule has 19 heavy (non-hydrogen) atoms. The zero-order chi connectivity index (χ0) is 13.4. The quantitative estimate of drug-likeness (QED) is 0.863. The highest BCUT2D eigenvalue weighted by atomic mass is 16.1. The maximum absolute atomic E-state index is 11.6. The summed E-state index contributed by atoms with van der Waals surface area (Å²) in [5, 5.41) is 7.72. The fourth-order valence-corrected chi connectivity index (χ4v) is 2.14. The molecule has 3 N–H and O–H groups in total. The number of nitrogens with one attached hydrogen (secondary N) is 1. The molecule has 1 aromatic heterocycles. The van der Waals surface area contributed by atoms with Crippen molar-refractivity contribution in [3.8, 4) is 11.3 Å². The van der Waals surface area contributed by atoms with Crippen molar-refractivity contribution in [3.05, 3.63) is 41.6 Å². The first-order chi connectivity index (χ1) is 9.15. The van der Waals surface area contributed by atoms with Gasteiger partial charge in [0.1, 0.15) is 5.69 Å². The van der Waals surface area contributed by atoms with Gasteiger partial charge in [-0.1, -0.05) is 29.8 Å². The lowest BCUT2D eigenvalue weighted by Crippen LogP contribution is -2.43. The average Bonchev–Trinajstić information content (AvgIpc) is 2.72. The Labute approximate surface area is 111 Å². The molecular weight excluding hydrogens is 240 g/mol. The number of carbonyl (C=O) groups is 1. The molecule has 0 aliphatic carbocycles. The molecule has 2 aromatic rings. The summed E-state index contributed by atoms with van der Waals surface area (Å²) in [5.74, 6) is -0.436. The van der Waals surface area contributed by atoms with E-state index in [9.17, 15) is 4.79 Å². The molecule has 0 unspecified atom stereocenters. The van der Waals surface area contributed by atoms with Gasteiger partial charge in [0.05, 0.1) is 11.6 Å². The van der Waals surface area contributed by atoms with Crippen LogP contribution >= 0.6 is 0 Å². The van der Waals surface area contributed by atoms with Crippen LogP contribution in [0.1, 0.15) is 22.0 Å². The molecule has 0 atom stereocenters. The zero-order valence-electron chi connectivity index (χ0n) is 10.8. The van der Waals surface area contributed by atoms with Gasteiger partial charge in [-0.2, -0.15) is 5.10 Å². The third kappa shape index (κ3) is 2.13. The van der Waals surface area contributed by atoms with E-state index in [2.05, 4.69) is 10.4 Å². The van der Waals surface area contributed by atoms with Gasteiger partial charge < -0.3 is 11.1 Å². The first-order valence-corrected chi connectivity index (χ1v) is 6.32. The number of aromatic nitrogens is 2. The van der Waals surface area contributed by atoms with Crippen LogP contribution in [0.15, 0.2) is 30.5 Å². The van der Waals surface area contributed by atoms with Gasteiger partial charge >= 0.3 is 0 Å². The Kier molecular flexibility index (Phi) is 2.83. The number of carbonyl (C=O) groups excluding carboxylic acids is 1. The van der Waals surface area contributed by atoms with E-state index < -0.39 is 5.91 Å². The van der Waals surface area contributed by atoms with Gasteiger partial charge in [0.15, 0.2) is 0 Å². The smallest absolute Gasteiger partial charge is 0.252 e. The standard InChI is InChI=1S/C14H16N4O/c1-9-2-4-10(5-3-9)13-12(14(15)19)8-18(17-13)11-6-16-7-11/h2-5,8,11,16H,6-7H2,1H3,(H2,15,19). The first kappa shape index (κ1) is 11.9. The van der Waals surface area contributed by atoms with E-state index >= 15 is 0 Å². The molecular formula is C14H16N4O. The van der Waals surface area contributed by atoms with Crippen molar-refractivity contribution >= 4 is 5.91 Å². The van der Waals surface area contributed by atoms with Crippen LogP contribution in [-0.4, -0.2) is 28.8 Å². The molecule has 3 rings (SSSR count). The van der Waals surface area contributed by atoms with Crippen molar-refractivity contribution in [1.29, 1.82) is 0 Å². The highest BCUT2D eigenvalue weighted by Crippen LogP contribution is 2.24. The van der Waals surface area contributed by atoms with E-state index in [-0.39, 0.29) is 0 Å². The predicted molar refractivity (Wildman–Crippen MR) is 72.8 cm³/mol. The van der Waals surface area contributed by atoms with Crippen molar-refractivity contribution in [2.45, 2.75) is 13.0 Å².